The maximum atomic E-state index is 5.85. The van der Waals surface area contributed by atoms with Crippen LogP contribution in [0, 0.1) is 0 Å². The van der Waals surface area contributed by atoms with E-state index in [4.69, 9.17) is 17.2 Å². The number of nitrogens with two attached hydrogens (primary N) is 3. The maximum Gasteiger partial charge on any atom is 0.0887 e. The molecule has 1 aromatic carbocycles. The van der Waals surface area contributed by atoms with E-state index in [-0.39, 0.29) is 0 Å². The molecule has 86 valence electrons. The van der Waals surface area contributed by atoms with Crippen molar-refractivity contribution >= 4 is 17.1 Å². The number of rotatable bonds is 1. The van der Waals surface area contributed by atoms with Gasteiger partial charge >= 0.3 is 0 Å². The highest BCUT2D eigenvalue weighted by atomic mass is 14.8. The number of aliphatic imine (C=N–C) groups is 1. The van der Waals surface area contributed by atoms with Gasteiger partial charge in [0.25, 0.3) is 0 Å². The number of anilines is 1. The minimum atomic E-state index is 0.557. The zero-order valence-corrected chi connectivity index (χ0v) is 9.35. The average Bonchev–Trinajstić information content (AvgIpc) is 2.29. The summed E-state index contributed by atoms with van der Waals surface area (Å²) in [4.78, 5) is 4.40. The third-order valence-corrected chi connectivity index (χ3v) is 2.43. The molecule has 0 atom stereocenters. The number of nitrogens with zero attached hydrogens (tertiary/aromatic N) is 1. The van der Waals surface area contributed by atoms with Crippen LogP contribution >= 0.6 is 0 Å². The second kappa shape index (κ2) is 4.17. The Morgan fingerprint density at radius 3 is 2.18 bits per heavy atom. The van der Waals surface area contributed by atoms with E-state index in [1.54, 1.807) is 24.3 Å². The molecular formula is C13H14N4. The lowest BCUT2D eigenvalue weighted by molar-refractivity contribution is 1.30. The fourth-order valence-corrected chi connectivity index (χ4v) is 1.45. The predicted octanol–water partition coefficient (Wildman–Crippen LogP) is 1.60. The van der Waals surface area contributed by atoms with Crippen molar-refractivity contribution in [1.29, 1.82) is 0 Å². The zero-order valence-electron chi connectivity index (χ0n) is 9.35. The molecule has 1 aliphatic rings. The summed E-state index contributed by atoms with van der Waals surface area (Å²) in [5.74, 6) is 0. The molecule has 0 aromatic heterocycles. The second-order valence-electron chi connectivity index (χ2n) is 3.81. The van der Waals surface area contributed by atoms with Crippen LogP contribution in [-0.2, 0) is 0 Å². The van der Waals surface area contributed by atoms with E-state index in [1.807, 2.05) is 12.1 Å². The van der Waals surface area contributed by atoms with Crippen molar-refractivity contribution in [2.24, 2.45) is 16.5 Å². The molecule has 0 saturated carbocycles. The van der Waals surface area contributed by atoms with Crippen LogP contribution in [0.3, 0.4) is 0 Å². The molecular weight excluding hydrogens is 212 g/mol. The standard InChI is InChI=1S/C13H14N4/c1-8-6-12(16)13(7-11(8)15)17-10-4-2-9(14)3-5-10/h2-7H,1,14-16H2. The van der Waals surface area contributed by atoms with Crippen molar-refractivity contribution in [3.8, 4) is 0 Å². The number of nitrogen functional groups attached to an aromatic ring is 1. The molecule has 6 N–H and O–H groups in total. The van der Waals surface area contributed by atoms with Gasteiger partial charge in [0.1, 0.15) is 0 Å². The van der Waals surface area contributed by atoms with Crippen molar-refractivity contribution in [1.82, 2.24) is 0 Å². The molecule has 4 nitrogen and oxygen atoms in total. The fraction of sp³-hybridized carbons (Fsp3) is 0. The Morgan fingerprint density at radius 1 is 0.882 bits per heavy atom. The highest BCUT2D eigenvalue weighted by molar-refractivity contribution is 6.11. The minimum absolute atomic E-state index is 0.557. The molecule has 0 spiro atoms. The first-order chi connectivity index (χ1) is 8.06. The predicted molar refractivity (Wildman–Crippen MR) is 71.6 cm³/mol. The van der Waals surface area contributed by atoms with Crippen molar-refractivity contribution in [2.45, 2.75) is 0 Å². The van der Waals surface area contributed by atoms with Crippen molar-refractivity contribution in [3.05, 3.63) is 60.0 Å². The van der Waals surface area contributed by atoms with Crippen LogP contribution < -0.4 is 17.2 Å². The van der Waals surface area contributed by atoms with E-state index in [9.17, 15) is 0 Å². The molecule has 0 aliphatic heterocycles. The van der Waals surface area contributed by atoms with Crippen LogP contribution in [0.2, 0.25) is 0 Å². The van der Waals surface area contributed by atoms with E-state index >= 15 is 0 Å². The summed E-state index contributed by atoms with van der Waals surface area (Å²) in [5, 5.41) is 0. The number of allylic oxidation sites excluding steroid dienone is 2. The SMILES string of the molecule is C=C1C=C(N)C(=Nc2ccc(N)cc2)C=C1N. The van der Waals surface area contributed by atoms with Crippen molar-refractivity contribution in [3.63, 3.8) is 0 Å². The van der Waals surface area contributed by atoms with Gasteiger partial charge in [-0.15, -0.1) is 0 Å². The fourth-order valence-electron chi connectivity index (χ4n) is 1.45. The molecule has 1 aromatic rings. The molecule has 2 rings (SSSR count). The Bertz CT molecular complexity index is 547. The van der Waals surface area contributed by atoms with E-state index in [0.29, 0.717) is 28.4 Å². The number of hydrogen-bond donors (Lipinski definition) is 3. The van der Waals surface area contributed by atoms with Gasteiger partial charge in [-0.05, 0) is 42.0 Å². The van der Waals surface area contributed by atoms with Crippen LogP contribution in [0.5, 0.6) is 0 Å². The third-order valence-electron chi connectivity index (χ3n) is 2.43. The van der Waals surface area contributed by atoms with Crippen LogP contribution in [0.4, 0.5) is 11.4 Å². The van der Waals surface area contributed by atoms with Gasteiger partial charge in [0, 0.05) is 11.4 Å². The lowest BCUT2D eigenvalue weighted by Crippen LogP contribution is -2.17. The van der Waals surface area contributed by atoms with Gasteiger partial charge in [0.05, 0.1) is 17.1 Å². The molecule has 0 unspecified atom stereocenters. The lowest BCUT2D eigenvalue weighted by atomic mass is 10.0. The first-order valence-electron chi connectivity index (χ1n) is 5.14. The summed E-state index contributed by atoms with van der Waals surface area (Å²) in [6.07, 6.45) is 3.43. The van der Waals surface area contributed by atoms with Gasteiger partial charge in [-0.2, -0.15) is 0 Å². The van der Waals surface area contributed by atoms with Crippen LogP contribution in [-0.4, -0.2) is 5.71 Å². The largest absolute Gasteiger partial charge is 0.399 e. The van der Waals surface area contributed by atoms with Crippen molar-refractivity contribution in [2.75, 3.05) is 5.73 Å². The monoisotopic (exact) mass is 226 g/mol. The zero-order chi connectivity index (χ0) is 12.4. The quantitative estimate of drug-likeness (QED) is 0.635. The molecule has 0 bridgehead atoms. The van der Waals surface area contributed by atoms with E-state index < -0.39 is 0 Å². The molecule has 0 saturated heterocycles. The van der Waals surface area contributed by atoms with E-state index in [2.05, 4.69) is 11.6 Å². The molecule has 0 radical (unpaired) electrons. The maximum absolute atomic E-state index is 5.85. The first kappa shape index (κ1) is 11.0. The highest BCUT2D eigenvalue weighted by Gasteiger charge is 2.09. The smallest absolute Gasteiger partial charge is 0.0887 e. The molecule has 17 heavy (non-hydrogen) atoms. The normalized spacial score (nSPS) is 17.9. The Kier molecular flexibility index (Phi) is 2.70. The Balaban J connectivity index is 2.37. The van der Waals surface area contributed by atoms with Crippen molar-refractivity contribution < 1.29 is 0 Å². The van der Waals surface area contributed by atoms with Crippen LogP contribution in [0.1, 0.15) is 0 Å². The summed E-state index contributed by atoms with van der Waals surface area (Å²) in [6, 6.07) is 7.22. The topological polar surface area (TPSA) is 90.4 Å². The van der Waals surface area contributed by atoms with Gasteiger partial charge in [-0.1, -0.05) is 6.58 Å². The van der Waals surface area contributed by atoms with Crippen LogP contribution in [0.15, 0.2) is 65.0 Å². The third kappa shape index (κ3) is 2.36. The van der Waals surface area contributed by atoms with E-state index in [0.717, 1.165) is 5.69 Å². The number of benzene rings is 1. The summed E-state index contributed by atoms with van der Waals surface area (Å²) in [6.45, 7) is 3.78. The summed E-state index contributed by atoms with van der Waals surface area (Å²) >= 11 is 0. The molecule has 0 fully saturated rings. The molecule has 1 aliphatic carbocycles. The van der Waals surface area contributed by atoms with Gasteiger partial charge in [-0.25, -0.2) is 4.99 Å². The van der Waals surface area contributed by atoms with Crippen LogP contribution in [0.25, 0.3) is 0 Å². The number of hydrogen-bond acceptors (Lipinski definition) is 4. The van der Waals surface area contributed by atoms with Gasteiger partial charge < -0.3 is 17.2 Å². The van der Waals surface area contributed by atoms with Gasteiger partial charge in [0.2, 0.25) is 0 Å². The second-order valence-corrected chi connectivity index (χ2v) is 3.81. The minimum Gasteiger partial charge on any atom is -0.399 e. The summed E-state index contributed by atoms with van der Waals surface area (Å²) in [7, 11) is 0. The van der Waals surface area contributed by atoms with Gasteiger partial charge in [0.15, 0.2) is 0 Å². The summed E-state index contributed by atoms with van der Waals surface area (Å²) < 4.78 is 0. The summed E-state index contributed by atoms with van der Waals surface area (Å²) in [5.41, 5.74) is 21.2. The lowest BCUT2D eigenvalue weighted by Gasteiger charge is -2.12. The molecule has 0 amide bonds. The van der Waals surface area contributed by atoms with Gasteiger partial charge in [-0.3, -0.25) is 0 Å². The average molecular weight is 226 g/mol. The highest BCUT2D eigenvalue weighted by Crippen LogP contribution is 2.19. The Labute approximate surface area is 99.8 Å². The molecule has 0 heterocycles. The Morgan fingerprint density at radius 2 is 1.53 bits per heavy atom. The Hall–Kier alpha value is -2.49. The first-order valence-corrected chi connectivity index (χ1v) is 5.14. The van der Waals surface area contributed by atoms with E-state index in [1.165, 1.54) is 0 Å². The molecule has 4 heteroatoms.